The van der Waals surface area contributed by atoms with Crippen molar-refractivity contribution in [3.63, 3.8) is 0 Å². The first-order chi connectivity index (χ1) is 18.2. The summed E-state index contributed by atoms with van der Waals surface area (Å²) in [6.45, 7) is 11.6. The van der Waals surface area contributed by atoms with Crippen molar-refractivity contribution >= 4 is 30.1 Å². The Hall–Kier alpha value is -2.79. The lowest BCUT2D eigenvalue weighted by Crippen LogP contribution is -2.55. The first kappa shape index (κ1) is 29.2. The van der Waals surface area contributed by atoms with Gasteiger partial charge in [-0.25, -0.2) is 13.2 Å². The number of carbonyl (C=O) groups excluding carboxylic acids is 2. The quantitative estimate of drug-likeness (QED) is 0.240. The summed E-state index contributed by atoms with van der Waals surface area (Å²) in [5, 5.41) is -1.39. The molecule has 0 amide bonds. The average molecular weight is 573 g/mol. The maximum Gasteiger partial charge on any atom is 0.352 e. The number of rotatable bonds is 9. The molecule has 0 spiro atoms. The maximum atomic E-state index is 14.1. The van der Waals surface area contributed by atoms with Crippen molar-refractivity contribution in [2.24, 2.45) is 0 Å². The predicted molar refractivity (Wildman–Crippen MR) is 148 cm³/mol. The zero-order valence-corrected chi connectivity index (χ0v) is 24.9. The monoisotopic (exact) mass is 572 g/mol. The van der Waals surface area contributed by atoms with Gasteiger partial charge in [0.05, 0.1) is 11.5 Å². The highest BCUT2D eigenvalue weighted by atomic mass is 32.2. The molecule has 0 unspecified atom stereocenters. The second kappa shape index (κ2) is 10.6. The van der Waals surface area contributed by atoms with E-state index in [0.717, 1.165) is 0 Å². The third-order valence-corrected chi connectivity index (χ3v) is 14.5. The molecule has 0 N–H and O–H groups in total. The molecule has 2 aliphatic rings. The van der Waals surface area contributed by atoms with Gasteiger partial charge in [-0.05, 0) is 30.3 Å². The zero-order chi connectivity index (χ0) is 28.6. The van der Waals surface area contributed by atoms with Gasteiger partial charge < -0.3 is 18.6 Å². The standard InChI is InChI=1S/C29H36O8SSi/c1-20(30)35-24(21-13-9-7-10-14-21)27(31)36-25-23-17-18-29(37-23,19-34-39(5,6)28(2,3)4)26(25)38(32,33)22-15-11-8-12-16-22/h7-18,23-26H,19H2,1-6H3/t23-,24+,25-,26+,29-/m1/s1. The van der Waals surface area contributed by atoms with Gasteiger partial charge in [-0.1, -0.05) is 81.5 Å². The largest absolute Gasteiger partial charge is 0.455 e. The Morgan fingerprint density at radius 1 is 1.03 bits per heavy atom. The number of hydrogen-bond acceptors (Lipinski definition) is 8. The van der Waals surface area contributed by atoms with Crippen LogP contribution in [0.3, 0.4) is 0 Å². The summed E-state index contributed by atoms with van der Waals surface area (Å²) in [5.41, 5.74) is -0.945. The Bertz CT molecular complexity index is 1330. The van der Waals surface area contributed by atoms with Crippen molar-refractivity contribution in [3.05, 3.63) is 78.4 Å². The number of ether oxygens (including phenoxy) is 3. The van der Waals surface area contributed by atoms with Crippen LogP contribution in [0.1, 0.15) is 39.4 Å². The molecule has 5 atom stereocenters. The summed E-state index contributed by atoms with van der Waals surface area (Å²) in [5.74, 6) is -1.54. The molecule has 8 nitrogen and oxygen atoms in total. The second-order valence-electron chi connectivity index (χ2n) is 11.5. The Balaban J connectivity index is 1.72. The molecule has 0 aliphatic carbocycles. The van der Waals surface area contributed by atoms with Crippen LogP contribution in [0.2, 0.25) is 18.1 Å². The van der Waals surface area contributed by atoms with Crippen molar-refractivity contribution in [1.29, 1.82) is 0 Å². The number of hydrogen-bond donors (Lipinski definition) is 0. The van der Waals surface area contributed by atoms with Crippen LogP contribution >= 0.6 is 0 Å². The Kier molecular flexibility index (Phi) is 7.97. The van der Waals surface area contributed by atoms with Crippen LogP contribution in [0, 0.1) is 0 Å². The normalized spacial score (nSPS) is 25.3. The summed E-state index contributed by atoms with van der Waals surface area (Å²) in [6, 6.07) is 16.5. The maximum absolute atomic E-state index is 14.1. The van der Waals surface area contributed by atoms with Crippen LogP contribution in [0.5, 0.6) is 0 Å². The van der Waals surface area contributed by atoms with E-state index in [1.54, 1.807) is 60.7 Å². The van der Waals surface area contributed by atoms with E-state index in [2.05, 4.69) is 33.9 Å². The molecule has 2 aromatic carbocycles. The lowest BCUT2D eigenvalue weighted by atomic mass is 9.92. The molecule has 2 aromatic rings. The fourth-order valence-corrected chi connectivity index (χ4v) is 7.76. The van der Waals surface area contributed by atoms with Gasteiger partial charge in [0, 0.05) is 12.5 Å². The van der Waals surface area contributed by atoms with Crippen molar-refractivity contribution < 1.29 is 36.6 Å². The van der Waals surface area contributed by atoms with Crippen molar-refractivity contribution in [3.8, 4) is 0 Å². The number of benzene rings is 2. The van der Waals surface area contributed by atoms with E-state index in [4.69, 9.17) is 18.6 Å². The minimum atomic E-state index is -4.07. The summed E-state index contributed by atoms with van der Waals surface area (Å²) >= 11 is 0. The van der Waals surface area contributed by atoms with E-state index >= 15 is 0 Å². The fourth-order valence-electron chi connectivity index (χ4n) is 4.62. The second-order valence-corrected chi connectivity index (χ2v) is 18.4. The predicted octanol–water partition coefficient (Wildman–Crippen LogP) is 4.77. The Morgan fingerprint density at radius 2 is 1.62 bits per heavy atom. The molecule has 1 fully saturated rings. The molecule has 2 aliphatic heterocycles. The molecule has 0 aromatic heterocycles. The van der Waals surface area contributed by atoms with Crippen molar-refractivity contribution in [2.75, 3.05) is 6.61 Å². The molecule has 2 bridgehead atoms. The van der Waals surface area contributed by atoms with Gasteiger partial charge >= 0.3 is 11.9 Å². The smallest absolute Gasteiger partial charge is 0.352 e. The summed E-state index contributed by atoms with van der Waals surface area (Å²) < 4.78 is 52.2. The topological polar surface area (TPSA) is 105 Å². The highest BCUT2D eigenvalue weighted by molar-refractivity contribution is 7.92. The van der Waals surface area contributed by atoms with E-state index in [1.165, 1.54) is 19.1 Å². The Labute approximate surface area is 231 Å². The first-order valence-corrected chi connectivity index (χ1v) is 17.4. The molecular weight excluding hydrogens is 536 g/mol. The molecule has 39 heavy (non-hydrogen) atoms. The van der Waals surface area contributed by atoms with Gasteiger partial charge in [-0.2, -0.15) is 0 Å². The number of fused-ring (bicyclic) bond motifs is 2. The van der Waals surface area contributed by atoms with Crippen LogP contribution in [0.4, 0.5) is 0 Å². The van der Waals surface area contributed by atoms with Crippen LogP contribution in [0.15, 0.2) is 77.7 Å². The molecular formula is C29H36O8SSi. The molecule has 10 heteroatoms. The van der Waals surface area contributed by atoms with Gasteiger partial charge in [0.15, 0.2) is 24.3 Å². The number of carbonyl (C=O) groups is 2. The summed E-state index contributed by atoms with van der Waals surface area (Å²) in [6.07, 6.45) is 0.0898. The molecule has 0 saturated carbocycles. The van der Waals surface area contributed by atoms with Crippen molar-refractivity contribution in [2.45, 2.75) is 79.9 Å². The van der Waals surface area contributed by atoms with E-state index in [0.29, 0.717) is 5.56 Å². The molecule has 210 valence electrons. The van der Waals surface area contributed by atoms with Gasteiger partial charge in [0.1, 0.15) is 17.0 Å². The van der Waals surface area contributed by atoms with Gasteiger partial charge in [-0.15, -0.1) is 0 Å². The number of sulfone groups is 1. The molecule has 4 rings (SSSR count). The number of esters is 2. The molecule has 0 radical (unpaired) electrons. The third-order valence-electron chi connectivity index (χ3n) is 7.75. The molecule has 2 heterocycles. The SMILES string of the molecule is CC(=O)O[C@H](C(=O)O[C@@H]1[C@H]2C=C[C@](CO[Si](C)(C)C(C)(C)C)(O2)[C@H]1S(=O)(=O)c1ccccc1)c1ccccc1. The van der Waals surface area contributed by atoms with Gasteiger partial charge in [0.25, 0.3) is 0 Å². The van der Waals surface area contributed by atoms with Crippen molar-refractivity contribution in [1.82, 2.24) is 0 Å². The van der Waals surface area contributed by atoms with Crippen LogP contribution < -0.4 is 0 Å². The minimum Gasteiger partial charge on any atom is -0.455 e. The zero-order valence-electron chi connectivity index (χ0n) is 23.1. The van der Waals surface area contributed by atoms with Crippen LogP contribution in [-0.2, 0) is 38.1 Å². The van der Waals surface area contributed by atoms with Crippen LogP contribution in [0.25, 0.3) is 0 Å². The first-order valence-electron chi connectivity index (χ1n) is 12.9. The highest BCUT2D eigenvalue weighted by Crippen LogP contribution is 2.48. The lowest BCUT2D eigenvalue weighted by molar-refractivity contribution is -0.172. The van der Waals surface area contributed by atoms with E-state index in [-0.39, 0.29) is 16.5 Å². The Morgan fingerprint density at radius 3 is 2.18 bits per heavy atom. The van der Waals surface area contributed by atoms with Gasteiger partial charge in [-0.3, -0.25) is 4.79 Å². The fraction of sp³-hybridized carbons (Fsp3) is 0.448. The minimum absolute atomic E-state index is 0.00661. The van der Waals surface area contributed by atoms with Gasteiger partial charge in [0.2, 0.25) is 6.10 Å². The summed E-state index contributed by atoms with van der Waals surface area (Å²) in [4.78, 5) is 25.4. The van der Waals surface area contributed by atoms with Crippen LogP contribution in [-0.4, -0.2) is 58.3 Å². The summed E-state index contributed by atoms with van der Waals surface area (Å²) in [7, 11) is -6.36. The average Bonchev–Trinajstić information content (AvgIpc) is 3.44. The van der Waals surface area contributed by atoms with E-state index < -0.39 is 59.3 Å². The highest BCUT2D eigenvalue weighted by Gasteiger charge is 2.64. The van der Waals surface area contributed by atoms with E-state index in [9.17, 15) is 18.0 Å². The third kappa shape index (κ3) is 5.74. The lowest BCUT2D eigenvalue weighted by Gasteiger charge is -2.40. The van der Waals surface area contributed by atoms with E-state index in [1.807, 2.05) is 0 Å². The molecule has 1 saturated heterocycles.